The average molecular weight is 299 g/mol. The van der Waals surface area contributed by atoms with Crippen LogP contribution < -0.4 is 10.1 Å². The minimum atomic E-state index is -4.94. The van der Waals surface area contributed by atoms with Crippen LogP contribution in [0.25, 0.3) is 5.69 Å². The third kappa shape index (κ3) is 3.33. The van der Waals surface area contributed by atoms with Gasteiger partial charge in [0.05, 0.1) is 24.8 Å². The Hall–Kier alpha value is -2.51. The standard InChI is InChI=1S/C13H12F3N3O2/c1-8-6-19(7-17-8)10-4-3-9(5-11(10)21-2)18-12(20)13(14,15)16/h3-7H,1-2H3,(H,18,20). The molecule has 21 heavy (non-hydrogen) atoms. The molecule has 5 nitrogen and oxygen atoms in total. The molecule has 0 unspecified atom stereocenters. The number of carbonyl (C=O) groups excluding carboxylic acids is 1. The van der Waals surface area contributed by atoms with Gasteiger partial charge in [0.25, 0.3) is 0 Å². The summed E-state index contributed by atoms with van der Waals surface area (Å²) in [5.74, 6) is -1.72. The van der Waals surface area contributed by atoms with Crippen LogP contribution in [0, 0.1) is 6.92 Å². The summed E-state index contributed by atoms with van der Waals surface area (Å²) in [6, 6.07) is 4.21. The van der Waals surface area contributed by atoms with Crippen molar-refractivity contribution in [2.24, 2.45) is 0 Å². The van der Waals surface area contributed by atoms with Gasteiger partial charge in [0, 0.05) is 18.0 Å². The van der Waals surface area contributed by atoms with E-state index in [9.17, 15) is 18.0 Å². The number of ether oxygens (including phenoxy) is 1. The molecule has 1 heterocycles. The van der Waals surface area contributed by atoms with Crippen molar-refractivity contribution in [3.63, 3.8) is 0 Å². The minimum absolute atomic E-state index is 0.00485. The molecule has 0 bridgehead atoms. The number of alkyl halides is 3. The third-order valence-corrected chi connectivity index (χ3v) is 2.68. The van der Waals surface area contributed by atoms with Gasteiger partial charge in [0.15, 0.2) is 0 Å². The van der Waals surface area contributed by atoms with E-state index in [-0.39, 0.29) is 5.69 Å². The first kappa shape index (κ1) is 14.9. The number of amides is 1. The van der Waals surface area contributed by atoms with Gasteiger partial charge in [0.1, 0.15) is 5.75 Å². The molecule has 1 amide bonds. The molecule has 0 saturated carbocycles. The van der Waals surface area contributed by atoms with E-state index in [2.05, 4.69) is 4.98 Å². The average Bonchev–Trinajstić information content (AvgIpc) is 2.84. The number of hydrogen-bond acceptors (Lipinski definition) is 3. The van der Waals surface area contributed by atoms with Crippen molar-refractivity contribution in [1.29, 1.82) is 0 Å². The second-order valence-corrected chi connectivity index (χ2v) is 4.26. The Balaban J connectivity index is 2.31. The fraction of sp³-hybridized carbons (Fsp3) is 0.231. The maximum atomic E-state index is 12.2. The number of nitrogens with zero attached hydrogens (tertiary/aromatic N) is 2. The van der Waals surface area contributed by atoms with E-state index >= 15 is 0 Å². The van der Waals surface area contributed by atoms with E-state index in [1.54, 1.807) is 29.3 Å². The van der Waals surface area contributed by atoms with Crippen molar-refractivity contribution in [2.75, 3.05) is 12.4 Å². The number of nitrogens with one attached hydrogen (secondary N) is 1. The van der Waals surface area contributed by atoms with Crippen LogP contribution in [0.1, 0.15) is 5.69 Å². The first-order chi connectivity index (χ1) is 9.81. The molecule has 0 atom stereocenters. The van der Waals surface area contributed by atoms with Gasteiger partial charge in [-0.25, -0.2) is 4.98 Å². The van der Waals surface area contributed by atoms with Gasteiger partial charge in [0.2, 0.25) is 0 Å². The fourth-order valence-corrected chi connectivity index (χ4v) is 1.72. The predicted octanol–water partition coefficient (Wildman–Crippen LogP) is 2.69. The van der Waals surface area contributed by atoms with Crippen molar-refractivity contribution in [3.05, 3.63) is 36.4 Å². The molecule has 0 spiro atoms. The number of hydrogen-bond donors (Lipinski definition) is 1. The zero-order chi connectivity index (χ0) is 15.6. The smallest absolute Gasteiger partial charge is 0.471 e. The summed E-state index contributed by atoms with van der Waals surface area (Å²) in [4.78, 5) is 15.0. The van der Waals surface area contributed by atoms with E-state index in [4.69, 9.17) is 4.74 Å². The zero-order valence-corrected chi connectivity index (χ0v) is 11.2. The summed E-state index contributed by atoms with van der Waals surface area (Å²) in [6.07, 6.45) is -1.64. The number of methoxy groups -OCH3 is 1. The Morgan fingerprint density at radius 1 is 1.38 bits per heavy atom. The van der Waals surface area contributed by atoms with E-state index in [1.165, 1.54) is 25.3 Å². The summed E-state index contributed by atoms with van der Waals surface area (Å²) in [5, 5.41) is 1.77. The van der Waals surface area contributed by atoms with E-state index in [0.717, 1.165) is 5.69 Å². The van der Waals surface area contributed by atoms with Crippen LogP contribution in [0.3, 0.4) is 0 Å². The van der Waals surface area contributed by atoms with Crippen LogP contribution in [0.2, 0.25) is 0 Å². The van der Waals surface area contributed by atoms with E-state index < -0.39 is 12.1 Å². The van der Waals surface area contributed by atoms with Crippen LogP contribution >= 0.6 is 0 Å². The van der Waals surface area contributed by atoms with E-state index in [1.807, 2.05) is 0 Å². The minimum Gasteiger partial charge on any atom is -0.494 e. The van der Waals surface area contributed by atoms with Crippen LogP contribution in [0.5, 0.6) is 5.75 Å². The SMILES string of the molecule is COc1cc(NC(=O)C(F)(F)F)ccc1-n1cnc(C)c1. The largest absolute Gasteiger partial charge is 0.494 e. The summed E-state index contributed by atoms with van der Waals surface area (Å²) in [6.45, 7) is 1.81. The van der Waals surface area contributed by atoms with Crippen LogP contribution in [-0.4, -0.2) is 28.7 Å². The maximum Gasteiger partial charge on any atom is 0.471 e. The van der Waals surface area contributed by atoms with Crippen LogP contribution in [0.15, 0.2) is 30.7 Å². The normalized spacial score (nSPS) is 11.3. The van der Waals surface area contributed by atoms with E-state index in [0.29, 0.717) is 11.4 Å². The van der Waals surface area contributed by atoms with Crippen LogP contribution in [0.4, 0.5) is 18.9 Å². The molecule has 2 rings (SSSR count). The van der Waals surface area contributed by atoms with Gasteiger partial charge in [-0.2, -0.15) is 13.2 Å². The summed E-state index contributed by atoms with van der Waals surface area (Å²) in [5.41, 5.74) is 1.38. The lowest BCUT2D eigenvalue weighted by atomic mass is 10.2. The van der Waals surface area contributed by atoms with Gasteiger partial charge in [-0.05, 0) is 19.1 Å². The zero-order valence-electron chi connectivity index (χ0n) is 11.2. The number of carbonyl (C=O) groups is 1. The van der Waals surface area contributed by atoms with Crippen molar-refractivity contribution >= 4 is 11.6 Å². The Labute approximate surface area is 118 Å². The highest BCUT2D eigenvalue weighted by atomic mass is 19.4. The maximum absolute atomic E-state index is 12.2. The Kier molecular flexibility index (Phi) is 3.88. The number of rotatable bonds is 3. The lowest BCUT2D eigenvalue weighted by Gasteiger charge is -2.12. The summed E-state index contributed by atoms with van der Waals surface area (Å²) >= 11 is 0. The topological polar surface area (TPSA) is 56.1 Å². The lowest BCUT2D eigenvalue weighted by molar-refractivity contribution is -0.167. The number of aromatic nitrogens is 2. The molecule has 0 aliphatic carbocycles. The monoisotopic (exact) mass is 299 g/mol. The Morgan fingerprint density at radius 2 is 2.10 bits per heavy atom. The second kappa shape index (κ2) is 5.47. The third-order valence-electron chi connectivity index (χ3n) is 2.68. The highest BCUT2D eigenvalue weighted by molar-refractivity contribution is 5.95. The Bertz CT molecular complexity index is 665. The first-order valence-electron chi connectivity index (χ1n) is 5.88. The second-order valence-electron chi connectivity index (χ2n) is 4.26. The molecule has 1 aromatic heterocycles. The van der Waals surface area contributed by atoms with Crippen molar-refractivity contribution in [3.8, 4) is 11.4 Å². The molecule has 0 aliphatic rings. The first-order valence-corrected chi connectivity index (χ1v) is 5.88. The van der Waals surface area contributed by atoms with Gasteiger partial charge >= 0.3 is 12.1 Å². The van der Waals surface area contributed by atoms with Crippen molar-refractivity contribution in [1.82, 2.24) is 9.55 Å². The number of anilines is 1. The van der Waals surface area contributed by atoms with Crippen molar-refractivity contribution < 1.29 is 22.7 Å². The Morgan fingerprint density at radius 3 is 2.62 bits per heavy atom. The van der Waals surface area contributed by atoms with Gasteiger partial charge in [-0.1, -0.05) is 0 Å². The summed E-state index contributed by atoms with van der Waals surface area (Å²) < 4.78 is 43.4. The number of imidazole rings is 1. The fourth-order valence-electron chi connectivity index (χ4n) is 1.72. The molecule has 112 valence electrons. The van der Waals surface area contributed by atoms with Crippen molar-refractivity contribution in [2.45, 2.75) is 13.1 Å². The number of benzene rings is 1. The van der Waals surface area contributed by atoms with Crippen LogP contribution in [-0.2, 0) is 4.79 Å². The molecule has 0 radical (unpaired) electrons. The molecule has 0 saturated heterocycles. The quantitative estimate of drug-likeness (QED) is 0.948. The summed E-state index contributed by atoms with van der Waals surface area (Å²) in [7, 11) is 1.39. The molecule has 0 fully saturated rings. The van der Waals surface area contributed by atoms with Gasteiger partial charge in [-0.15, -0.1) is 0 Å². The van der Waals surface area contributed by atoms with Gasteiger partial charge in [-0.3, -0.25) is 4.79 Å². The number of aryl methyl sites for hydroxylation is 1. The highest BCUT2D eigenvalue weighted by Gasteiger charge is 2.38. The molecular weight excluding hydrogens is 287 g/mol. The molecule has 1 aromatic carbocycles. The highest BCUT2D eigenvalue weighted by Crippen LogP contribution is 2.28. The molecule has 8 heteroatoms. The molecule has 0 aliphatic heterocycles. The lowest BCUT2D eigenvalue weighted by Crippen LogP contribution is -2.29. The number of halogens is 3. The molecule has 1 N–H and O–H groups in total. The predicted molar refractivity (Wildman–Crippen MR) is 69.5 cm³/mol. The molecule has 2 aromatic rings. The van der Waals surface area contributed by atoms with Gasteiger partial charge < -0.3 is 14.6 Å². The molecular formula is C13H12F3N3O2.